The van der Waals surface area contributed by atoms with Gasteiger partial charge in [0.1, 0.15) is 5.92 Å². The zero-order valence-electron chi connectivity index (χ0n) is 16.7. The van der Waals surface area contributed by atoms with Crippen LogP contribution in [-0.2, 0) is 11.2 Å². The van der Waals surface area contributed by atoms with Crippen LogP contribution in [0.3, 0.4) is 0 Å². The largest absolute Gasteiger partial charge is 0.481 e. The van der Waals surface area contributed by atoms with Gasteiger partial charge in [0, 0.05) is 10.6 Å². The van der Waals surface area contributed by atoms with E-state index < -0.39 is 24.0 Å². The van der Waals surface area contributed by atoms with Crippen LogP contribution < -0.4 is 0 Å². The first kappa shape index (κ1) is 21.1. The zero-order chi connectivity index (χ0) is 22.0. The maximum Gasteiger partial charge on any atom is 0.313 e. The Balaban J connectivity index is 1.87. The predicted molar refractivity (Wildman–Crippen MR) is 118 cm³/mol. The van der Waals surface area contributed by atoms with E-state index in [1.54, 1.807) is 48.5 Å². The second-order valence-electron chi connectivity index (χ2n) is 7.64. The molecule has 0 saturated heterocycles. The monoisotopic (exact) mass is 435 g/mol. The van der Waals surface area contributed by atoms with Gasteiger partial charge in [-0.25, -0.2) is 0 Å². The van der Waals surface area contributed by atoms with E-state index in [0.717, 1.165) is 5.56 Å². The first-order chi connectivity index (χ1) is 15.0. The average molecular weight is 436 g/mol. The van der Waals surface area contributed by atoms with Crippen molar-refractivity contribution in [1.29, 1.82) is 0 Å². The molecule has 3 atom stereocenters. The van der Waals surface area contributed by atoms with Crippen molar-refractivity contribution in [3.63, 3.8) is 0 Å². The molecule has 1 heterocycles. The number of aliphatic hydroxyl groups excluding tert-OH is 1. The molecule has 3 aromatic rings. The number of nitrogens with zero attached hydrogens (tertiary/aromatic N) is 1. The number of carbonyl (C=O) groups is 2. The van der Waals surface area contributed by atoms with Crippen molar-refractivity contribution in [1.82, 2.24) is 4.90 Å². The molecule has 0 spiro atoms. The van der Waals surface area contributed by atoms with Gasteiger partial charge in [-0.1, -0.05) is 72.3 Å². The minimum Gasteiger partial charge on any atom is -0.481 e. The normalized spacial score (nSPS) is 19.0. The molecular weight excluding hydrogens is 414 g/mol. The number of aliphatic carboxylic acids is 1. The molecule has 0 bridgehead atoms. The minimum absolute atomic E-state index is 0.289. The number of halogens is 1. The Kier molecular flexibility index (Phi) is 6.07. The van der Waals surface area contributed by atoms with Gasteiger partial charge in [-0.15, -0.1) is 0 Å². The van der Waals surface area contributed by atoms with E-state index in [1.807, 2.05) is 30.3 Å². The first-order valence-electron chi connectivity index (χ1n) is 10.1. The van der Waals surface area contributed by atoms with E-state index in [1.165, 1.54) is 4.90 Å². The molecule has 1 aliphatic rings. The van der Waals surface area contributed by atoms with E-state index >= 15 is 0 Å². The van der Waals surface area contributed by atoms with Crippen LogP contribution in [0.4, 0.5) is 0 Å². The summed E-state index contributed by atoms with van der Waals surface area (Å²) < 4.78 is 0. The lowest BCUT2D eigenvalue weighted by Crippen LogP contribution is -2.52. The molecule has 2 N–H and O–H groups in total. The number of fused-ring (bicyclic) bond motifs is 1. The Morgan fingerprint density at radius 2 is 1.61 bits per heavy atom. The molecule has 0 saturated carbocycles. The summed E-state index contributed by atoms with van der Waals surface area (Å²) in [6, 6.07) is 21.8. The Bertz CT molecular complexity index is 1080. The molecule has 1 aliphatic heterocycles. The number of hydrogen-bond donors (Lipinski definition) is 2. The molecule has 0 unspecified atom stereocenters. The summed E-state index contributed by atoms with van der Waals surface area (Å²) in [4.78, 5) is 27.6. The van der Waals surface area contributed by atoms with Crippen LogP contribution in [0.15, 0.2) is 78.9 Å². The van der Waals surface area contributed by atoms with Crippen molar-refractivity contribution < 1.29 is 19.8 Å². The van der Waals surface area contributed by atoms with Crippen LogP contribution in [0, 0.1) is 0 Å². The highest BCUT2D eigenvalue weighted by molar-refractivity contribution is 6.30. The van der Waals surface area contributed by atoms with Gasteiger partial charge in [-0.2, -0.15) is 0 Å². The number of benzene rings is 3. The third-order valence-electron chi connectivity index (χ3n) is 5.77. The lowest BCUT2D eigenvalue weighted by Gasteiger charge is -2.44. The Labute approximate surface area is 185 Å². The number of rotatable bonds is 6. The van der Waals surface area contributed by atoms with Crippen molar-refractivity contribution in [3.8, 4) is 0 Å². The molecule has 0 aliphatic carbocycles. The van der Waals surface area contributed by atoms with Crippen LogP contribution in [0.2, 0.25) is 5.02 Å². The van der Waals surface area contributed by atoms with Crippen LogP contribution in [0.25, 0.3) is 0 Å². The standard InChI is InChI=1S/C25H22ClNO4/c26-18-12-10-17(11-13-18)23-22(25(30)31)20-8-4-5-9-21(20)24(29)27(23)19(15-28)14-16-6-2-1-3-7-16/h1-13,19,22-23,28H,14-15H2,(H,30,31)/t19-,22+,23-/m0/s1. The molecule has 1 amide bonds. The average Bonchev–Trinajstić information content (AvgIpc) is 2.79. The molecule has 5 nitrogen and oxygen atoms in total. The lowest BCUT2D eigenvalue weighted by atomic mass is 9.78. The summed E-state index contributed by atoms with van der Waals surface area (Å²) in [5.74, 6) is -2.29. The van der Waals surface area contributed by atoms with Crippen molar-refractivity contribution in [2.45, 2.75) is 24.4 Å². The highest BCUT2D eigenvalue weighted by Gasteiger charge is 2.46. The number of amides is 1. The fourth-order valence-corrected chi connectivity index (χ4v) is 4.50. The third kappa shape index (κ3) is 4.07. The molecule has 0 radical (unpaired) electrons. The number of hydrogen-bond acceptors (Lipinski definition) is 3. The van der Waals surface area contributed by atoms with Gasteiger partial charge >= 0.3 is 5.97 Å². The summed E-state index contributed by atoms with van der Waals surface area (Å²) in [7, 11) is 0. The smallest absolute Gasteiger partial charge is 0.313 e. The van der Waals surface area contributed by atoms with Gasteiger partial charge in [0.15, 0.2) is 0 Å². The van der Waals surface area contributed by atoms with E-state index in [-0.39, 0.29) is 12.5 Å². The molecule has 0 aromatic heterocycles. The molecule has 4 rings (SSSR count). The zero-order valence-corrected chi connectivity index (χ0v) is 17.4. The number of carboxylic acid groups (broad SMARTS) is 1. The van der Waals surface area contributed by atoms with Crippen LogP contribution in [0.1, 0.15) is 39.0 Å². The summed E-state index contributed by atoms with van der Waals surface area (Å²) in [5, 5.41) is 21.0. The summed E-state index contributed by atoms with van der Waals surface area (Å²) in [6.45, 7) is -0.292. The van der Waals surface area contributed by atoms with Crippen molar-refractivity contribution >= 4 is 23.5 Å². The molecule has 158 valence electrons. The summed E-state index contributed by atoms with van der Waals surface area (Å²) in [5.41, 5.74) is 2.44. The summed E-state index contributed by atoms with van der Waals surface area (Å²) >= 11 is 6.06. The fraction of sp³-hybridized carbons (Fsp3) is 0.200. The third-order valence-corrected chi connectivity index (χ3v) is 6.02. The topological polar surface area (TPSA) is 77.8 Å². The summed E-state index contributed by atoms with van der Waals surface area (Å²) in [6.07, 6.45) is 0.404. The maximum absolute atomic E-state index is 13.6. The van der Waals surface area contributed by atoms with Gasteiger partial charge in [0.2, 0.25) is 0 Å². The van der Waals surface area contributed by atoms with Gasteiger partial charge < -0.3 is 15.1 Å². The van der Waals surface area contributed by atoms with Crippen molar-refractivity contribution in [2.24, 2.45) is 0 Å². The van der Waals surface area contributed by atoms with Crippen molar-refractivity contribution in [3.05, 3.63) is 106 Å². The first-order valence-corrected chi connectivity index (χ1v) is 10.4. The van der Waals surface area contributed by atoms with E-state index in [4.69, 9.17) is 11.6 Å². The highest BCUT2D eigenvalue weighted by Crippen LogP contribution is 2.44. The van der Waals surface area contributed by atoms with Crippen molar-refractivity contribution in [2.75, 3.05) is 6.61 Å². The van der Waals surface area contributed by atoms with E-state index in [0.29, 0.717) is 28.1 Å². The minimum atomic E-state index is -1.03. The Morgan fingerprint density at radius 3 is 2.26 bits per heavy atom. The van der Waals surface area contributed by atoms with Crippen LogP contribution in [-0.4, -0.2) is 39.6 Å². The van der Waals surface area contributed by atoms with Crippen LogP contribution in [0.5, 0.6) is 0 Å². The number of aliphatic hydroxyl groups is 1. The van der Waals surface area contributed by atoms with Gasteiger partial charge in [-0.05, 0) is 41.3 Å². The Morgan fingerprint density at radius 1 is 0.968 bits per heavy atom. The van der Waals surface area contributed by atoms with E-state index in [9.17, 15) is 19.8 Å². The second kappa shape index (κ2) is 8.92. The van der Waals surface area contributed by atoms with Crippen LogP contribution >= 0.6 is 11.6 Å². The number of carbonyl (C=O) groups excluding carboxylic acids is 1. The number of carboxylic acids is 1. The van der Waals surface area contributed by atoms with Gasteiger partial charge in [0.05, 0.1) is 18.7 Å². The second-order valence-corrected chi connectivity index (χ2v) is 8.07. The molecule has 6 heteroatoms. The quantitative estimate of drug-likeness (QED) is 0.604. The lowest BCUT2D eigenvalue weighted by molar-refractivity contribution is -0.141. The van der Waals surface area contributed by atoms with E-state index in [2.05, 4.69) is 0 Å². The maximum atomic E-state index is 13.6. The predicted octanol–water partition coefficient (Wildman–Crippen LogP) is 4.31. The molecule has 3 aromatic carbocycles. The molecular formula is C25H22ClNO4. The van der Waals surface area contributed by atoms with Gasteiger partial charge in [-0.3, -0.25) is 9.59 Å². The fourth-order valence-electron chi connectivity index (χ4n) is 4.37. The molecule has 31 heavy (non-hydrogen) atoms. The highest BCUT2D eigenvalue weighted by atomic mass is 35.5. The SMILES string of the molecule is O=C(O)[C@@H]1c2ccccc2C(=O)N([C@H](CO)Cc2ccccc2)[C@H]1c1ccc(Cl)cc1. The van der Waals surface area contributed by atoms with Gasteiger partial charge in [0.25, 0.3) is 5.91 Å². The Hall–Kier alpha value is -3.15. The molecule has 0 fully saturated rings.